The molecule has 3 rings (SSSR count). The summed E-state index contributed by atoms with van der Waals surface area (Å²) in [7, 11) is 0. The molecular formula is C18H17NO. The number of benzene rings is 2. The molecule has 0 spiro atoms. The molecule has 0 saturated heterocycles. The van der Waals surface area contributed by atoms with Gasteiger partial charge in [-0.1, -0.05) is 36.4 Å². The highest BCUT2D eigenvalue weighted by Crippen LogP contribution is 2.33. The molecule has 0 atom stereocenters. The Morgan fingerprint density at radius 3 is 2.50 bits per heavy atom. The summed E-state index contributed by atoms with van der Waals surface area (Å²) in [6.45, 7) is 6.01. The van der Waals surface area contributed by atoms with E-state index in [2.05, 4.69) is 29.3 Å². The van der Waals surface area contributed by atoms with Crippen molar-refractivity contribution in [2.45, 2.75) is 20.8 Å². The molecule has 2 nitrogen and oxygen atoms in total. The molecule has 2 heteroatoms. The van der Waals surface area contributed by atoms with E-state index in [1.165, 1.54) is 0 Å². The summed E-state index contributed by atoms with van der Waals surface area (Å²) in [6.07, 6.45) is 2.02. The van der Waals surface area contributed by atoms with Gasteiger partial charge in [0.25, 0.3) is 0 Å². The van der Waals surface area contributed by atoms with Gasteiger partial charge in [-0.25, -0.2) is 0 Å². The highest BCUT2D eigenvalue weighted by molar-refractivity contribution is 6.08. The van der Waals surface area contributed by atoms with Crippen LogP contribution in [0.5, 0.6) is 0 Å². The Kier molecular flexibility index (Phi) is 3.15. The minimum Gasteiger partial charge on any atom is -0.455 e. The maximum atomic E-state index is 6.04. The zero-order valence-corrected chi connectivity index (χ0v) is 12.0. The topological polar surface area (TPSA) is 25.5 Å². The van der Waals surface area contributed by atoms with E-state index >= 15 is 0 Å². The van der Waals surface area contributed by atoms with E-state index in [1.54, 1.807) is 0 Å². The van der Waals surface area contributed by atoms with Gasteiger partial charge in [0.05, 0.1) is 5.70 Å². The van der Waals surface area contributed by atoms with Gasteiger partial charge in [0, 0.05) is 22.0 Å². The third kappa shape index (κ3) is 2.03. The molecule has 20 heavy (non-hydrogen) atoms. The smallest absolute Gasteiger partial charge is 0.144 e. The summed E-state index contributed by atoms with van der Waals surface area (Å²) in [4.78, 5) is 4.60. The molecule has 1 heterocycles. The Balaban J connectivity index is 2.34. The van der Waals surface area contributed by atoms with Gasteiger partial charge in [-0.2, -0.15) is 0 Å². The Hall–Kier alpha value is -2.35. The van der Waals surface area contributed by atoms with Gasteiger partial charge < -0.3 is 4.42 Å². The van der Waals surface area contributed by atoms with Crippen LogP contribution >= 0.6 is 0 Å². The number of hydrogen-bond donors (Lipinski definition) is 0. The minimum atomic E-state index is 0.909. The fourth-order valence-corrected chi connectivity index (χ4v) is 2.47. The largest absolute Gasteiger partial charge is 0.455 e. The first-order chi connectivity index (χ1) is 9.70. The standard InChI is InChI=1S/C18H17NO/c1-4-16(19-12(2)3)15-10-7-9-14-13-8-5-6-11-17(13)20-18(14)15/h4-11H,1-3H3/b16-4-. The number of allylic oxidation sites excluding steroid dienone is 1. The summed E-state index contributed by atoms with van der Waals surface area (Å²) >= 11 is 0. The summed E-state index contributed by atoms with van der Waals surface area (Å²) in [5, 5.41) is 2.29. The van der Waals surface area contributed by atoms with Gasteiger partial charge in [-0.3, -0.25) is 4.99 Å². The van der Waals surface area contributed by atoms with Crippen LogP contribution in [-0.4, -0.2) is 5.71 Å². The monoisotopic (exact) mass is 263 g/mol. The van der Waals surface area contributed by atoms with Gasteiger partial charge in [0.2, 0.25) is 0 Å². The first-order valence-electron chi connectivity index (χ1n) is 6.79. The third-order valence-corrected chi connectivity index (χ3v) is 3.30. The fourth-order valence-electron chi connectivity index (χ4n) is 2.47. The first-order valence-corrected chi connectivity index (χ1v) is 6.79. The number of hydrogen-bond acceptors (Lipinski definition) is 2. The summed E-state index contributed by atoms with van der Waals surface area (Å²) in [5.74, 6) is 0. The molecule has 0 aliphatic carbocycles. The van der Waals surface area contributed by atoms with Gasteiger partial charge in [-0.15, -0.1) is 0 Å². The maximum absolute atomic E-state index is 6.04. The number of aliphatic imine (C=N–C) groups is 1. The van der Waals surface area contributed by atoms with E-state index in [9.17, 15) is 0 Å². The van der Waals surface area contributed by atoms with Crippen molar-refractivity contribution < 1.29 is 4.42 Å². The zero-order valence-electron chi connectivity index (χ0n) is 12.0. The van der Waals surface area contributed by atoms with Gasteiger partial charge in [0.1, 0.15) is 11.2 Å². The molecule has 0 aliphatic rings. The van der Waals surface area contributed by atoms with E-state index in [1.807, 2.05) is 45.0 Å². The van der Waals surface area contributed by atoms with E-state index in [-0.39, 0.29) is 0 Å². The number of nitrogens with zero attached hydrogens (tertiary/aromatic N) is 1. The van der Waals surface area contributed by atoms with E-state index in [0.29, 0.717) is 0 Å². The van der Waals surface area contributed by atoms with Crippen LogP contribution in [0.25, 0.3) is 27.6 Å². The van der Waals surface area contributed by atoms with Crippen LogP contribution in [0.1, 0.15) is 26.3 Å². The van der Waals surface area contributed by atoms with E-state index < -0.39 is 0 Å². The normalized spacial score (nSPS) is 12.1. The van der Waals surface area contributed by atoms with Gasteiger partial charge in [-0.05, 0) is 32.9 Å². The maximum Gasteiger partial charge on any atom is 0.144 e. The molecule has 0 bridgehead atoms. The molecule has 100 valence electrons. The molecule has 0 fully saturated rings. The van der Waals surface area contributed by atoms with Crippen LogP contribution in [0.4, 0.5) is 0 Å². The number of fused-ring (bicyclic) bond motifs is 3. The lowest BCUT2D eigenvalue weighted by molar-refractivity contribution is 0.667. The number of rotatable bonds is 2. The Labute approximate surface area is 118 Å². The Bertz CT molecular complexity index is 833. The van der Waals surface area contributed by atoms with Crippen molar-refractivity contribution in [2.75, 3.05) is 0 Å². The van der Waals surface area contributed by atoms with Gasteiger partial charge >= 0.3 is 0 Å². The summed E-state index contributed by atoms with van der Waals surface area (Å²) in [5.41, 5.74) is 4.86. The lowest BCUT2D eigenvalue weighted by Crippen LogP contribution is -1.86. The second-order valence-electron chi connectivity index (χ2n) is 5.01. The molecule has 2 aromatic carbocycles. The quantitative estimate of drug-likeness (QED) is 0.566. The molecule has 0 aliphatic heterocycles. The predicted octanol–water partition coefficient (Wildman–Crippen LogP) is 5.43. The Morgan fingerprint density at radius 2 is 1.75 bits per heavy atom. The van der Waals surface area contributed by atoms with E-state index in [4.69, 9.17) is 4.42 Å². The number of furan rings is 1. The van der Waals surface area contributed by atoms with Crippen molar-refractivity contribution in [3.63, 3.8) is 0 Å². The first kappa shape index (κ1) is 12.7. The highest BCUT2D eigenvalue weighted by atomic mass is 16.3. The summed E-state index contributed by atoms with van der Waals surface area (Å²) < 4.78 is 6.04. The van der Waals surface area contributed by atoms with Crippen molar-refractivity contribution in [3.05, 3.63) is 54.1 Å². The molecule has 1 aromatic heterocycles. The molecular weight excluding hydrogens is 246 g/mol. The molecule has 0 amide bonds. The minimum absolute atomic E-state index is 0.909. The molecule has 0 saturated carbocycles. The average Bonchev–Trinajstić information content (AvgIpc) is 2.83. The summed E-state index contributed by atoms with van der Waals surface area (Å²) in [6, 6.07) is 14.3. The lowest BCUT2D eigenvalue weighted by Gasteiger charge is -2.03. The average molecular weight is 263 g/mol. The number of para-hydroxylation sites is 2. The Morgan fingerprint density at radius 1 is 1.00 bits per heavy atom. The fraction of sp³-hybridized carbons (Fsp3) is 0.167. The molecule has 0 N–H and O–H groups in total. The van der Waals surface area contributed by atoms with Crippen LogP contribution in [0, 0.1) is 0 Å². The van der Waals surface area contributed by atoms with Crippen molar-refractivity contribution in [1.29, 1.82) is 0 Å². The van der Waals surface area contributed by atoms with Crippen LogP contribution in [0.2, 0.25) is 0 Å². The van der Waals surface area contributed by atoms with E-state index in [0.717, 1.165) is 38.9 Å². The molecule has 0 unspecified atom stereocenters. The van der Waals surface area contributed by atoms with Crippen molar-refractivity contribution >= 4 is 33.3 Å². The second kappa shape index (κ2) is 4.97. The molecule has 0 radical (unpaired) electrons. The van der Waals surface area contributed by atoms with Crippen LogP contribution in [0.3, 0.4) is 0 Å². The third-order valence-electron chi connectivity index (χ3n) is 3.30. The van der Waals surface area contributed by atoms with Crippen molar-refractivity contribution in [1.82, 2.24) is 0 Å². The zero-order chi connectivity index (χ0) is 14.1. The second-order valence-corrected chi connectivity index (χ2v) is 5.01. The van der Waals surface area contributed by atoms with Gasteiger partial charge in [0.15, 0.2) is 0 Å². The van der Waals surface area contributed by atoms with Crippen molar-refractivity contribution in [3.8, 4) is 0 Å². The van der Waals surface area contributed by atoms with Crippen LogP contribution in [-0.2, 0) is 0 Å². The SMILES string of the molecule is C/C=C(\N=C(C)C)c1cccc2c1oc1ccccc12. The van der Waals surface area contributed by atoms with Crippen LogP contribution < -0.4 is 0 Å². The van der Waals surface area contributed by atoms with Crippen LogP contribution in [0.15, 0.2) is 58.0 Å². The highest BCUT2D eigenvalue weighted by Gasteiger charge is 2.12. The predicted molar refractivity (Wildman–Crippen MR) is 86.2 cm³/mol. The molecule has 3 aromatic rings. The lowest BCUT2D eigenvalue weighted by atomic mass is 10.1. The van der Waals surface area contributed by atoms with Crippen molar-refractivity contribution in [2.24, 2.45) is 4.99 Å².